The second-order valence-corrected chi connectivity index (χ2v) is 7.97. The van der Waals surface area contributed by atoms with Crippen molar-refractivity contribution in [2.75, 3.05) is 19.0 Å². The van der Waals surface area contributed by atoms with E-state index >= 15 is 0 Å². The van der Waals surface area contributed by atoms with Gasteiger partial charge in [-0.15, -0.1) is 0 Å². The lowest BCUT2D eigenvalue weighted by Gasteiger charge is -2.11. The summed E-state index contributed by atoms with van der Waals surface area (Å²) in [6.45, 7) is 3.23. The molecule has 2 aromatic rings. The van der Waals surface area contributed by atoms with Gasteiger partial charge in [-0.25, -0.2) is 13.1 Å². The van der Waals surface area contributed by atoms with Crippen LogP contribution in [0, 0.1) is 0 Å². The van der Waals surface area contributed by atoms with Crippen molar-refractivity contribution in [3.05, 3.63) is 54.1 Å². The Morgan fingerprint density at radius 3 is 2.14 bits per heavy atom. The van der Waals surface area contributed by atoms with Gasteiger partial charge in [-0.05, 0) is 62.4 Å². The molecule has 150 valence electrons. The van der Waals surface area contributed by atoms with E-state index in [-0.39, 0.29) is 23.4 Å². The number of amides is 2. The van der Waals surface area contributed by atoms with Gasteiger partial charge in [0, 0.05) is 17.3 Å². The van der Waals surface area contributed by atoms with E-state index in [1.54, 1.807) is 38.1 Å². The summed E-state index contributed by atoms with van der Waals surface area (Å²) >= 11 is 0. The fourth-order valence-electron chi connectivity index (χ4n) is 2.31. The van der Waals surface area contributed by atoms with E-state index in [1.807, 2.05) is 0 Å². The molecule has 0 aliphatic rings. The standard InChI is InChI=1S/C19H23N3O5S/c1-13(2)22-28(25,26)17-10-6-15(7-11-17)21-18(23)12-20-19(24)14-4-8-16(27-3)9-5-14/h4-11,13,22H,12H2,1-3H3,(H,20,24)(H,21,23). The van der Waals surface area contributed by atoms with E-state index in [1.165, 1.54) is 31.4 Å². The third-order valence-corrected chi connectivity index (χ3v) is 5.28. The lowest BCUT2D eigenvalue weighted by Crippen LogP contribution is -2.32. The lowest BCUT2D eigenvalue weighted by molar-refractivity contribution is -0.115. The van der Waals surface area contributed by atoms with E-state index in [0.717, 1.165) is 0 Å². The lowest BCUT2D eigenvalue weighted by atomic mass is 10.2. The van der Waals surface area contributed by atoms with Crippen LogP contribution >= 0.6 is 0 Å². The Hall–Kier alpha value is -2.91. The summed E-state index contributed by atoms with van der Waals surface area (Å²) < 4.78 is 31.7. The summed E-state index contributed by atoms with van der Waals surface area (Å²) in [6.07, 6.45) is 0. The molecule has 0 spiro atoms. The summed E-state index contributed by atoms with van der Waals surface area (Å²) in [4.78, 5) is 24.1. The van der Waals surface area contributed by atoms with Crippen LogP contribution in [0.1, 0.15) is 24.2 Å². The van der Waals surface area contributed by atoms with Gasteiger partial charge >= 0.3 is 0 Å². The number of nitrogens with one attached hydrogen (secondary N) is 3. The van der Waals surface area contributed by atoms with Gasteiger partial charge in [0.05, 0.1) is 18.6 Å². The topological polar surface area (TPSA) is 114 Å². The Balaban J connectivity index is 1.89. The van der Waals surface area contributed by atoms with Crippen molar-refractivity contribution in [2.45, 2.75) is 24.8 Å². The summed E-state index contributed by atoms with van der Waals surface area (Å²) in [5.74, 6) is -0.194. The van der Waals surface area contributed by atoms with Gasteiger partial charge in [0.2, 0.25) is 15.9 Å². The summed E-state index contributed by atoms with van der Waals surface area (Å²) in [5.41, 5.74) is 0.827. The normalized spacial score (nSPS) is 11.1. The highest BCUT2D eigenvalue weighted by atomic mass is 32.2. The van der Waals surface area contributed by atoms with E-state index in [0.29, 0.717) is 17.0 Å². The Morgan fingerprint density at radius 2 is 1.61 bits per heavy atom. The van der Waals surface area contributed by atoms with Crippen LogP contribution in [0.3, 0.4) is 0 Å². The molecule has 28 heavy (non-hydrogen) atoms. The fourth-order valence-corrected chi connectivity index (χ4v) is 3.56. The van der Waals surface area contributed by atoms with Crippen LogP contribution in [0.4, 0.5) is 5.69 Å². The maximum absolute atomic E-state index is 12.1. The number of benzene rings is 2. The molecule has 0 fully saturated rings. The van der Waals surface area contributed by atoms with Crippen LogP contribution in [-0.2, 0) is 14.8 Å². The molecule has 0 unspecified atom stereocenters. The molecule has 2 aromatic carbocycles. The number of rotatable bonds is 8. The predicted molar refractivity (Wildman–Crippen MR) is 106 cm³/mol. The molecule has 3 N–H and O–H groups in total. The number of hydrogen-bond donors (Lipinski definition) is 3. The van der Waals surface area contributed by atoms with E-state index < -0.39 is 15.9 Å². The van der Waals surface area contributed by atoms with Crippen LogP contribution in [0.15, 0.2) is 53.4 Å². The zero-order valence-electron chi connectivity index (χ0n) is 15.9. The molecule has 2 rings (SSSR count). The van der Waals surface area contributed by atoms with Crippen LogP contribution in [0.2, 0.25) is 0 Å². The van der Waals surface area contributed by atoms with Gasteiger partial charge in [0.15, 0.2) is 0 Å². The highest BCUT2D eigenvalue weighted by molar-refractivity contribution is 7.89. The van der Waals surface area contributed by atoms with Crippen LogP contribution in [0.25, 0.3) is 0 Å². The first kappa shape index (κ1) is 21.4. The van der Waals surface area contributed by atoms with Crippen molar-refractivity contribution >= 4 is 27.5 Å². The van der Waals surface area contributed by atoms with Crippen LogP contribution in [-0.4, -0.2) is 39.9 Å². The average molecular weight is 405 g/mol. The van der Waals surface area contributed by atoms with E-state index in [9.17, 15) is 18.0 Å². The summed E-state index contributed by atoms with van der Waals surface area (Å²) in [7, 11) is -2.06. The molecule has 2 amide bonds. The number of anilines is 1. The number of sulfonamides is 1. The number of ether oxygens (including phenoxy) is 1. The molecular formula is C19H23N3O5S. The minimum absolute atomic E-state index is 0.104. The molecular weight excluding hydrogens is 382 g/mol. The molecule has 0 radical (unpaired) electrons. The van der Waals surface area contributed by atoms with Crippen molar-refractivity contribution in [2.24, 2.45) is 0 Å². The quantitative estimate of drug-likeness (QED) is 0.619. The monoisotopic (exact) mass is 405 g/mol. The molecule has 9 heteroatoms. The Bertz CT molecular complexity index is 923. The van der Waals surface area contributed by atoms with Crippen molar-refractivity contribution in [1.29, 1.82) is 0 Å². The van der Waals surface area contributed by atoms with Crippen LogP contribution in [0.5, 0.6) is 5.75 Å². The molecule has 0 atom stereocenters. The maximum atomic E-state index is 12.1. The average Bonchev–Trinajstić information content (AvgIpc) is 2.65. The van der Waals surface area contributed by atoms with E-state index in [4.69, 9.17) is 4.74 Å². The van der Waals surface area contributed by atoms with E-state index in [2.05, 4.69) is 15.4 Å². The van der Waals surface area contributed by atoms with Crippen molar-refractivity contribution < 1.29 is 22.7 Å². The minimum Gasteiger partial charge on any atom is -0.497 e. The zero-order chi connectivity index (χ0) is 20.7. The SMILES string of the molecule is COc1ccc(C(=O)NCC(=O)Nc2ccc(S(=O)(=O)NC(C)C)cc2)cc1. The smallest absolute Gasteiger partial charge is 0.251 e. The third kappa shape index (κ3) is 6.07. The molecule has 0 aliphatic carbocycles. The van der Waals surface area contributed by atoms with Gasteiger partial charge in [0.25, 0.3) is 5.91 Å². The third-order valence-electron chi connectivity index (χ3n) is 3.60. The Kier molecular flexibility index (Phi) is 7.13. The minimum atomic E-state index is -3.59. The van der Waals surface area contributed by atoms with Crippen LogP contribution < -0.4 is 20.1 Å². The summed E-state index contributed by atoms with van der Waals surface area (Å²) in [5, 5.41) is 5.11. The van der Waals surface area contributed by atoms with Gasteiger partial charge in [-0.3, -0.25) is 9.59 Å². The molecule has 0 saturated heterocycles. The molecule has 0 aromatic heterocycles. The Labute approximate surface area is 164 Å². The number of hydrogen-bond acceptors (Lipinski definition) is 5. The molecule has 0 aliphatic heterocycles. The summed E-state index contributed by atoms with van der Waals surface area (Å²) in [6, 6.07) is 12.0. The maximum Gasteiger partial charge on any atom is 0.251 e. The molecule has 8 nitrogen and oxygen atoms in total. The first-order valence-electron chi connectivity index (χ1n) is 8.56. The number of carbonyl (C=O) groups excluding carboxylic acids is 2. The predicted octanol–water partition coefficient (Wildman–Crippen LogP) is 1.75. The number of methoxy groups -OCH3 is 1. The first-order valence-corrected chi connectivity index (χ1v) is 10.0. The van der Waals surface area contributed by atoms with Gasteiger partial charge < -0.3 is 15.4 Å². The largest absolute Gasteiger partial charge is 0.497 e. The number of carbonyl (C=O) groups is 2. The van der Waals surface area contributed by atoms with Gasteiger partial charge in [0.1, 0.15) is 5.75 Å². The second-order valence-electron chi connectivity index (χ2n) is 6.26. The molecule has 0 heterocycles. The zero-order valence-corrected chi connectivity index (χ0v) is 16.7. The molecule has 0 bridgehead atoms. The fraction of sp³-hybridized carbons (Fsp3) is 0.263. The molecule has 0 saturated carbocycles. The van der Waals surface area contributed by atoms with Crippen molar-refractivity contribution in [3.8, 4) is 5.75 Å². The highest BCUT2D eigenvalue weighted by Gasteiger charge is 2.15. The first-order chi connectivity index (χ1) is 13.2. The van der Waals surface area contributed by atoms with Crippen molar-refractivity contribution in [1.82, 2.24) is 10.0 Å². The Morgan fingerprint density at radius 1 is 1.00 bits per heavy atom. The van der Waals surface area contributed by atoms with Crippen molar-refractivity contribution in [3.63, 3.8) is 0 Å². The highest BCUT2D eigenvalue weighted by Crippen LogP contribution is 2.14. The van der Waals surface area contributed by atoms with Gasteiger partial charge in [-0.1, -0.05) is 0 Å². The van der Waals surface area contributed by atoms with Gasteiger partial charge in [-0.2, -0.15) is 0 Å². The second kappa shape index (κ2) is 9.34.